The molecule has 20 heavy (non-hydrogen) atoms. The Kier molecular flexibility index (Phi) is 3.04. The second kappa shape index (κ2) is 4.74. The summed E-state index contributed by atoms with van der Waals surface area (Å²) in [7, 11) is 0. The van der Waals surface area contributed by atoms with Crippen LogP contribution in [-0.2, 0) is 15.3 Å². The van der Waals surface area contributed by atoms with E-state index in [4.69, 9.17) is 22.1 Å². The van der Waals surface area contributed by atoms with Crippen LogP contribution in [0, 0.1) is 0 Å². The number of aliphatic imine (C=N–C) groups is 1. The van der Waals surface area contributed by atoms with Gasteiger partial charge in [0, 0.05) is 5.56 Å². The second-order valence-electron chi connectivity index (χ2n) is 4.43. The van der Waals surface area contributed by atoms with Crippen LogP contribution in [0.2, 0.25) is 5.02 Å². The second-order valence-corrected chi connectivity index (χ2v) is 4.83. The highest BCUT2D eigenvalue weighted by Crippen LogP contribution is 2.35. The molecule has 1 aliphatic heterocycles. The largest absolute Gasteiger partial charge is 0.444 e. The van der Waals surface area contributed by atoms with Gasteiger partial charge in [-0.15, -0.1) is 0 Å². The van der Waals surface area contributed by atoms with E-state index < -0.39 is 5.72 Å². The van der Waals surface area contributed by atoms with Crippen LogP contribution < -0.4 is 5.73 Å². The zero-order valence-corrected chi connectivity index (χ0v) is 11.2. The van der Waals surface area contributed by atoms with Gasteiger partial charge in [-0.2, -0.15) is 0 Å². The number of nitrogens with two attached hydrogens (primary N) is 1. The van der Waals surface area contributed by atoms with Crippen molar-refractivity contribution in [2.24, 2.45) is 10.7 Å². The first-order valence-corrected chi connectivity index (χ1v) is 6.39. The normalized spacial score (nSPS) is 20.6. The molecule has 0 saturated carbocycles. The topological polar surface area (TPSA) is 64.7 Å². The van der Waals surface area contributed by atoms with Crippen molar-refractivity contribution in [1.82, 2.24) is 0 Å². The van der Waals surface area contributed by atoms with Crippen LogP contribution in [0.5, 0.6) is 0 Å². The van der Waals surface area contributed by atoms with Crippen molar-refractivity contribution < 1.29 is 9.53 Å². The average molecular weight is 287 g/mol. The number of ether oxygens (including phenoxy) is 1. The number of hydrogen-bond acceptors (Lipinski definition) is 4. The predicted molar refractivity (Wildman–Crippen MR) is 77.1 cm³/mol. The molecule has 3 rings (SSSR count). The van der Waals surface area contributed by atoms with Crippen LogP contribution in [0.4, 0.5) is 5.69 Å². The summed E-state index contributed by atoms with van der Waals surface area (Å²) in [6.07, 6.45) is 0.567. The highest BCUT2D eigenvalue weighted by atomic mass is 35.5. The molecule has 0 bridgehead atoms. The highest BCUT2D eigenvalue weighted by Gasteiger charge is 2.37. The molecule has 1 heterocycles. The first-order chi connectivity index (χ1) is 9.64. The smallest absolute Gasteiger partial charge is 0.244 e. The number of benzene rings is 2. The maximum absolute atomic E-state index is 11.4. The van der Waals surface area contributed by atoms with Crippen molar-refractivity contribution in [3.63, 3.8) is 0 Å². The van der Waals surface area contributed by atoms with Gasteiger partial charge in [0.1, 0.15) is 0 Å². The lowest BCUT2D eigenvalue weighted by Crippen LogP contribution is -2.45. The van der Waals surface area contributed by atoms with E-state index in [0.717, 1.165) is 0 Å². The number of rotatable bonds is 2. The molecule has 0 amide bonds. The fourth-order valence-corrected chi connectivity index (χ4v) is 2.30. The van der Waals surface area contributed by atoms with Gasteiger partial charge in [0.2, 0.25) is 11.6 Å². The van der Waals surface area contributed by atoms with Crippen molar-refractivity contribution in [1.29, 1.82) is 0 Å². The molecular weight excluding hydrogens is 276 g/mol. The summed E-state index contributed by atoms with van der Waals surface area (Å²) in [6, 6.07) is 14.2. The minimum absolute atomic E-state index is 0.240. The molecule has 0 fully saturated rings. The number of hydrogen-bond donors (Lipinski definition) is 1. The van der Waals surface area contributed by atoms with E-state index in [-0.39, 0.29) is 5.90 Å². The Morgan fingerprint density at radius 1 is 1.15 bits per heavy atom. The summed E-state index contributed by atoms with van der Waals surface area (Å²) >= 11 is 6.13. The quantitative estimate of drug-likeness (QED) is 0.863. The van der Waals surface area contributed by atoms with Crippen LogP contribution in [0.25, 0.3) is 0 Å². The number of fused-ring (bicyclic) bond motifs is 1. The molecule has 1 atom stereocenters. The van der Waals surface area contributed by atoms with Gasteiger partial charge in [0.25, 0.3) is 0 Å². The van der Waals surface area contributed by atoms with Gasteiger partial charge < -0.3 is 4.74 Å². The first kappa shape index (κ1) is 12.8. The SMILES string of the molecule is NC1(C=O)OC(c2ccccc2Cl)=Nc2ccccc21. The third-order valence-corrected chi connectivity index (χ3v) is 3.42. The van der Waals surface area contributed by atoms with E-state index in [9.17, 15) is 4.79 Å². The van der Waals surface area contributed by atoms with Crippen molar-refractivity contribution >= 4 is 29.5 Å². The Morgan fingerprint density at radius 3 is 2.60 bits per heavy atom. The molecular formula is C15H11ClN2O2. The Hall–Kier alpha value is -2.17. The molecule has 0 aromatic heterocycles. The minimum Gasteiger partial charge on any atom is -0.444 e. The lowest BCUT2D eigenvalue weighted by Gasteiger charge is -2.30. The third-order valence-electron chi connectivity index (χ3n) is 3.09. The number of aldehydes is 1. The fraction of sp³-hybridized carbons (Fsp3) is 0.0667. The lowest BCUT2D eigenvalue weighted by atomic mass is 10.0. The summed E-state index contributed by atoms with van der Waals surface area (Å²) in [5, 5.41) is 0.485. The molecule has 2 aromatic rings. The highest BCUT2D eigenvalue weighted by molar-refractivity contribution is 6.34. The maximum Gasteiger partial charge on any atom is 0.244 e. The summed E-state index contributed by atoms with van der Waals surface area (Å²) < 4.78 is 5.59. The number of halogens is 1. The molecule has 0 spiro atoms. The Labute approximate surface area is 120 Å². The van der Waals surface area contributed by atoms with Crippen molar-refractivity contribution in [3.8, 4) is 0 Å². The molecule has 0 radical (unpaired) electrons. The number of para-hydroxylation sites is 1. The Bertz CT molecular complexity index is 715. The fourth-order valence-electron chi connectivity index (χ4n) is 2.09. The molecule has 100 valence electrons. The van der Waals surface area contributed by atoms with Crippen LogP contribution in [0.3, 0.4) is 0 Å². The standard InChI is InChI=1S/C15H11ClN2O2/c16-12-7-3-1-5-10(12)14-18-13-8-4-2-6-11(13)15(17,9-19)20-14/h1-9H,17H2. The number of carbonyl (C=O) groups excluding carboxylic acids is 1. The van der Waals surface area contributed by atoms with Gasteiger partial charge in [0.15, 0.2) is 6.29 Å². The molecule has 1 aliphatic rings. The molecule has 4 nitrogen and oxygen atoms in total. The molecule has 2 aromatic carbocycles. The van der Waals surface area contributed by atoms with Gasteiger partial charge in [-0.05, 0) is 18.2 Å². The van der Waals surface area contributed by atoms with E-state index in [0.29, 0.717) is 28.1 Å². The van der Waals surface area contributed by atoms with Gasteiger partial charge >= 0.3 is 0 Å². The molecule has 2 N–H and O–H groups in total. The van der Waals surface area contributed by atoms with Crippen LogP contribution in [0.15, 0.2) is 53.5 Å². The summed E-state index contributed by atoms with van der Waals surface area (Å²) in [5.74, 6) is 0.240. The molecule has 1 unspecified atom stereocenters. The number of nitrogens with zero attached hydrogens (tertiary/aromatic N) is 1. The van der Waals surface area contributed by atoms with E-state index in [1.807, 2.05) is 12.1 Å². The van der Waals surface area contributed by atoms with E-state index in [1.54, 1.807) is 36.4 Å². The van der Waals surface area contributed by atoms with Crippen LogP contribution in [-0.4, -0.2) is 12.2 Å². The van der Waals surface area contributed by atoms with Gasteiger partial charge in [-0.3, -0.25) is 10.5 Å². The van der Waals surface area contributed by atoms with Crippen LogP contribution in [0.1, 0.15) is 11.1 Å². The summed E-state index contributed by atoms with van der Waals surface area (Å²) in [5.41, 5.74) is 6.22. The average Bonchev–Trinajstić information content (AvgIpc) is 2.48. The van der Waals surface area contributed by atoms with Gasteiger partial charge in [-0.25, -0.2) is 4.99 Å². The van der Waals surface area contributed by atoms with E-state index in [1.165, 1.54) is 0 Å². The van der Waals surface area contributed by atoms with Gasteiger partial charge in [-0.1, -0.05) is 41.9 Å². The van der Waals surface area contributed by atoms with E-state index in [2.05, 4.69) is 4.99 Å². The van der Waals surface area contributed by atoms with Crippen LogP contribution >= 0.6 is 11.6 Å². The first-order valence-electron chi connectivity index (χ1n) is 6.01. The lowest BCUT2D eigenvalue weighted by molar-refractivity contribution is -0.123. The maximum atomic E-state index is 11.4. The predicted octanol–water partition coefficient (Wildman–Crippen LogP) is 2.76. The van der Waals surface area contributed by atoms with Crippen molar-refractivity contribution in [2.75, 3.05) is 0 Å². The number of carbonyl (C=O) groups is 1. The summed E-state index contributed by atoms with van der Waals surface area (Å²) in [6.45, 7) is 0. The molecule has 0 aliphatic carbocycles. The Morgan fingerprint density at radius 2 is 1.85 bits per heavy atom. The zero-order valence-electron chi connectivity index (χ0n) is 10.4. The molecule has 5 heteroatoms. The zero-order chi connectivity index (χ0) is 14.2. The monoisotopic (exact) mass is 286 g/mol. The molecule has 0 saturated heterocycles. The Balaban J connectivity index is 2.19. The minimum atomic E-state index is -1.55. The third kappa shape index (κ3) is 1.99. The van der Waals surface area contributed by atoms with E-state index >= 15 is 0 Å². The van der Waals surface area contributed by atoms with Crippen molar-refractivity contribution in [3.05, 3.63) is 64.7 Å². The summed E-state index contributed by atoms with van der Waals surface area (Å²) in [4.78, 5) is 15.8. The van der Waals surface area contributed by atoms with Crippen molar-refractivity contribution in [2.45, 2.75) is 5.72 Å². The van der Waals surface area contributed by atoms with Gasteiger partial charge in [0.05, 0.1) is 16.3 Å².